The number of pyridine rings is 1. The second-order valence-electron chi connectivity index (χ2n) is 6.17. The van der Waals surface area contributed by atoms with Crippen LogP contribution in [0.3, 0.4) is 0 Å². The Morgan fingerprint density at radius 2 is 2.04 bits per heavy atom. The topological polar surface area (TPSA) is 83.5 Å². The van der Waals surface area contributed by atoms with Gasteiger partial charge in [-0.2, -0.15) is 0 Å². The molecule has 1 aliphatic rings. The zero-order valence-corrected chi connectivity index (χ0v) is 13.8. The van der Waals surface area contributed by atoms with Gasteiger partial charge in [-0.3, -0.25) is 4.79 Å². The van der Waals surface area contributed by atoms with E-state index in [0.717, 1.165) is 25.7 Å². The highest BCUT2D eigenvalue weighted by Gasteiger charge is 2.27. The first kappa shape index (κ1) is 17.7. The van der Waals surface area contributed by atoms with Gasteiger partial charge in [-0.25, -0.2) is 4.98 Å². The van der Waals surface area contributed by atoms with Gasteiger partial charge in [0, 0.05) is 26.4 Å². The molecule has 2 rings (SSSR count). The average Bonchev–Trinajstić information content (AvgIpc) is 2.79. The first-order valence-corrected chi connectivity index (χ1v) is 8.32. The zero-order chi connectivity index (χ0) is 16.5. The molecule has 0 atom stereocenters. The Balaban J connectivity index is 1.83. The Labute approximate surface area is 137 Å². The number of rotatable bonds is 7. The minimum absolute atomic E-state index is 0.163. The number of carbonyl (C=O) groups is 1. The number of anilines is 1. The molecule has 6 heteroatoms. The van der Waals surface area contributed by atoms with Gasteiger partial charge in [-0.05, 0) is 25.0 Å². The molecule has 0 unspecified atom stereocenters. The molecular formula is C17H27N3O3. The van der Waals surface area contributed by atoms with Crippen LogP contribution in [0.1, 0.15) is 48.9 Å². The van der Waals surface area contributed by atoms with E-state index in [-0.39, 0.29) is 5.91 Å². The predicted octanol–water partition coefficient (Wildman–Crippen LogP) is 1.95. The maximum absolute atomic E-state index is 11.9. The van der Waals surface area contributed by atoms with Crippen molar-refractivity contribution >= 4 is 11.7 Å². The van der Waals surface area contributed by atoms with Crippen molar-refractivity contribution in [3.05, 3.63) is 23.9 Å². The summed E-state index contributed by atoms with van der Waals surface area (Å²) in [5.74, 6) is 0.514. The molecule has 1 saturated carbocycles. The Bertz CT molecular complexity index is 482. The summed E-state index contributed by atoms with van der Waals surface area (Å²) >= 11 is 0. The second-order valence-corrected chi connectivity index (χ2v) is 6.17. The van der Waals surface area contributed by atoms with E-state index in [1.54, 1.807) is 25.4 Å². The fourth-order valence-electron chi connectivity index (χ4n) is 2.82. The van der Waals surface area contributed by atoms with Crippen LogP contribution in [0.15, 0.2) is 18.3 Å². The summed E-state index contributed by atoms with van der Waals surface area (Å²) in [5.41, 5.74) is -0.131. The van der Waals surface area contributed by atoms with Crippen LogP contribution in [-0.2, 0) is 4.74 Å². The number of hydrogen-bond acceptors (Lipinski definition) is 5. The Morgan fingerprint density at radius 1 is 1.30 bits per heavy atom. The van der Waals surface area contributed by atoms with E-state index >= 15 is 0 Å². The van der Waals surface area contributed by atoms with Crippen LogP contribution in [0, 0.1) is 0 Å². The van der Waals surface area contributed by atoms with E-state index in [4.69, 9.17) is 4.74 Å². The molecule has 1 heterocycles. The number of aliphatic hydroxyl groups is 1. The van der Waals surface area contributed by atoms with Gasteiger partial charge in [-0.15, -0.1) is 0 Å². The van der Waals surface area contributed by atoms with Gasteiger partial charge in [0.25, 0.3) is 5.91 Å². The van der Waals surface area contributed by atoms with Gasteiger partial charge < -0.3 is 20.5 Å². The zero-order valence-electron chi connectivity index (χ0n) is 13.8. The number of carbonyl (C=O) groups excluding carboxylic acids is 1. The standard InChI is InChI=1S/C17H27N3O3/c1-23-11-10-18-16(21)14-6-7-15(19-12-14)20-13-17(22)8-4-2-3-5-9-17/h6-7,12,22H,2-5,8-11,13H2,1H3,(H,18,21)(H,19,20). The van der Waals surface area contributed by atoms with E-state index in [0.29, 0.717) is 31.1 Å². The molecule has 0 radical (unpaired) electrons. The summed E-state index contributed by atoms with van der Waals surface area (Å²) in [4.78, 5) is 16.1. The normalized spacial score (nSPS) is 17.3. The molecule has 0 bridgehead atoms. The van der Waals surface area contributed by atoms with Gasteiger partial charge in [-0.1, -0.05) is 25.7 Å². The fraction of sp³-hybridized carbons (Fsp3) is 0.647. The van der Waals surface area contributed by atoms with Crippen molar-refractivity contribution in [1.29, 1.82) is 0 Å². The minimum Gasteiger partial charge on any atom is -0.388 e. The Morgan fingerprint density at radius 3 is 2.65 bits per heavy atom. The minimum atomic E-state index is -0.644. The second kappa shape index (κ2) is 8.84. The largest absolute Gasteiger partial charge is 0.388 e. The molecule has 1 aliphatic carbocycles. The third kappa shape index (κ3) is 5.80. The van der Waals surface area contributed by atoms with Crippen molar-refractivity contribution in [3.8, 4) is 0 Å². The van der Waals surface area contributed by atoms with Crippen molar-refractivity contribution in [2.75, 3.05) is 32.1 Å². The number of hydrogen-bond donors (Lipinski definition) is 3. The molecule has 0 spiro atoms. The molecule has 3 N–H and O–H groups in total. The number of nitrogens with one attached hydrogen (secondary N) is 2. The lowest BCUT2D eigenvalue weighted by atomic mass is 9.94. The van der Waals surface area contributed by atoms with Gasteiger partial charge in [0.15, 0.2) is 0 Å². The highest BCUT2D eigenvalue weighted by molar-refractivity contribution is 5.94. The number of nitrogens with zero attached hydrogens (tertiary/aromatic N) is 1. The highest BCUT2D eigenvalue weighted by atomic mass is 16.5. The molecule has 1 aromatic rings. The summed E-state index contributed by atoms with van der Waals surface area (Å²) in [6, 6.07) is 3.50. The van der Waals surface area contributed by atoms with Crippen molar-refractivity contribution in [1.82, 2.24) is 10.3 Å². The van der Waals surface area contributed by atoms with Gasteiger partial charge in [0.1, 0.15) is 5.82 Å². The summed E-state index contributed by atoms with van der Waals surface area (Å²) in [5, 5.41) is 16.5. The van der Waals surface area contributed by atoms with E-state index in [2.05, 4.69) is 15.6 Å². The Hall–Kier alpha value is -1.66. The first-order valence-electron chi connectivity index (χ1n) is 8.32. The molecule has 0 aromatic carbocycles. The van der Waals surface area contributed by atoms with Crippen LogP contribution in [0.4, 0.5) is 5.82 Å². The van der Waals surface area contributed by atoms with E-state index in [9.17, 15) is 9.90 Å². The van der Waals surface area contributed by atoms with Gasteiger partial charge >= 0.3 is 0 Å². The molecule has 1 aromatic heterocycles. The van der Waals surface area contributed by atoms with E-state index < -0.39 is 5.60 Å². The average molecular weight is 321 g/mol. The molecule has 6 nitrogen and oxygen atoms in total. The van der Waals surface area contributed by atoms with Crippen molar-refractivity contribution in [2.45, 2.75) is 44.1 Å². The first-order chi connectivity index (χ1) is 11.1. The summed E-state index contributed by atoms with van der Waals surface area (Å²) < 4.78 is 4.89. The highest BCUT2D eigenvalue weighted by Crippen LogP contribution is 2.27. The summed E-state index contributed by atoms with van der Waals surface area (Å²) in [6.07, 6.45) is 7.76. The Kier molecular flexibility index (Phi) is 6.80. The van der Waals surface area contributed by atoms with Crippen LogP contribution in [0.5, 0.6) is 0 Å². The smallest absolute Gasteiger partial charge is 0.252 e. The number of aromatic nitrogens is 1. The summed E-state index contributed by atoms with van der Waals surface area (Å²) in [7, 11) is 1.59. The fourth-order valence-corrected chi connectivity index (χ4v) is 2.82. The third-order valence-electron chi connectivity index (χ3n) is 4.25. The molecular weight excluding hydrogens is 294 g/mol. The van der Waals surface area contributed by atoms with Crippen molar-refractivity contribution < 1.29 is 14.6 Å². The SMILES string of the molecule is COCCNC(=O)c1ccc(NCC2(O)CCCCCC2)nc1. The molecule has 0 aliphatic heterocycles. The van der Waals surface area contributed by atoms with Crippen LogP contribution in [-0.4, -0.2) is 48.4 Å². The van der Waals surface area contributed by atoms with Crippen molar-refractivity contribution in [3.63, 3.8) is 0 Å². The van der Waals surface area contributed by atoms with Crippen LogP contribution in [0.25, 0.3) is 0 Å². The lowest BCUT2D eigenvalue weighted by molar-refractivity contribution is 0.0380. The lowest BCUT2D eigenvalue weighted by Gasteiger charge is -2.27. The van der Waals surface area contributed by atoms with Crippen molar-refractivity contribution in [2.24, 2.45) is 0 Å². The predicted molar refractivity (Wildman–Crippen MR) is 89.6 cm³/mol. The number of ether oxygens (including phenoxy) is 1. The number of amides is 1. The molecule has 0 saturated heterocycles. The number of methoxy groups -OCH3 is 1. The molecule has 128 valence electrons. The monoisotopic (exact) mass is 321 g/mol. The van der Waals surface area contributed by atoms with Gasteiger partial charge in [0.2, 0.25) is 0 Å². The molecule has 23 heavy (non-hydrogen) atoms. The van der Waals surface area contributed by atoms with E-state index in [1.807, 2.05) is 0 Å². The van der Waals surface area contributed by atoms with Gasteiger partial charge in [0.05, 0.1) is 17.8 Å². The molecule has 1 amide bonds. The quantitative estimate of drug-likeness (QED) is 0.528. The van der Waals surface area contributed by atoms with Crippen LogP contribution >= 0.6 is 0 Å². The van der Waals surface area contributed by atoms with Crippen LogP contribution in [0.2, 0.25) is 0 Å². The third-order valence-corrected chi connectivity index (χ3v) is 4.25. The molecule has 1 fully saturated rings. The maximum Gasteiger partial charge on any atom is 0.252 e. The maximum atomic E-state index is 11.9. The summed E-state index contributed by atoms with van der Waals surface area (Å²) in [6.45, 7) is 1.46. The van der Waals surface area contributed by atoms with Crippen LogP contribution < -0.4 is 10.6 Å². The van der Waals surface area contributed by atoms with E-state index in [1.165, 1.54) is 12.8 Å². The lowest BCUT2D eigenvalue weighted by Crippen LogP contribution is -2.36.